The van der Waals surface area contributed by atoms with E-state index in [1.54, 1.807) is 13.0 Å². The van der Waals surface area contributed by atoms with Gasteiger partial charge in [-0.2, -0.15) is 0 Å². The van der Waals surface area contributed by atoms with Crippen molar-refractivity contribution in [1.29, 1.82) is 0 Å². The Balaban J connectivity index is 2.12. The number of aliphatic carboxylic acids is 1. The van der Waals surface area contributed by atoms with Crippen LogP contribution in [-0.2, 0) is 17.8 Å². The van der Waals surface area contributed by atoms with E-state index < -0.39 is 11.9 Å². The van der Waals surface area contributed by atoms with Crippen LogP contribution in [0.4, 0.5) is 4.39 Å². The van der Waals surface area contributed by atoms with E-state index in [1.165, 1.54) is 12.1 Å². The van der Waals surface area contributed by atoms with Gasteiger partial charge in [-0.05, 0) is 48.4 Å². The molecule has 3 nitrogen and oxygen atoms in total. The van der Waals surface area contributed by atoms with Crippen molar-refractivity contribution >= 4 is 28.5 Å². The normalized spacial score (nSPS) is 12.5. The maximum Gasteiger partial charge on any atom is 0.306 e. The van der Waals surface area contributed by atoms with Crippen LogP contribution in [0.5, 0.6) is 0 Å². The second-order valence-electron chi connectivity index (χ2n) is 6.39. The van der Waals surface area contributed by atoms with Crippen molar-refractivity contribution in [2.45, 2.75) is 26.8 Å². The van der Waals surface area contributed by atoms with Crippen LogP contribution in [0.2, 0.25) is 5.02 Å². The topological polar surface area (TPSA) is 42.2 Å². The summed E-state index contributed by atoms with van der Waals surface area (Å²) in [5.41, 5.74) is 3.80. The van der Waals surface area contributed by atoms with Gasteiger partial charge in [-0.15, -0.1) is 0 Å². The zero-order chi connectivity index (χ0) is 18.1. The predicted molar refractivity (Wildman–Crippen MR) is 97.7 cm³/mol. The number of carboxylic acid groups (broad SMARTS) is 1. The van der Waals surface area contributed by atoms with E-state index in [9.17, 15) is 14.3 Å². The molecule has 0 bridgehead atoms. The minimum Gasteiger partial charge on any atom is -0.481 e. The molecule has 0 aliphatic rings. The molecule has 130 valence electrons. The maximum absolute atomic E-state index is 13.7. The number of carboxylic acids is 1. The van der Waals surface area contributed by atoms with Gasteiger partial charge >= 0.3 is 5.97 Å². The zero-order valence-electron chi connectivity index (χ0n) is 14.1. The van der Waals surface area contributed by atoms with Gasteiger partial charge in [0, 0.05) is 34.6 Å². The molecule has 0 aliphatic heterocycles. The van der Waals surface area contributed by atoms with Crippen LogP contribution in [-0.4, -0.2) is 15.6 Å². The first-order chi connectivity index (χ1) is 11.9. The molecule has 0 saturated heterocycles. The van der Waals surface area contributed by atoms with Crippen LogP contribution in [0.1, 0.15) is 23.7 Å². The average Bonchev–Trinajstić information content (AvgIpc) is 2.82. The highest BCUT2D eigenvalue weighted by atomic mass is 35.5. The Morgan fingerprint density at radius 3 is 2.56 bits per heavy atom. The third-order valence-corrected chi connectivity index (χ3v) is 4.84. The molecule has 0 radical (unpaired) electrons. The summed E-state index contributed by atoms with van der Waals surface area (Å²) in [5, 5.41) is 10.8. The Bertz CT molecular complexity index is 931. The molecule has 0 fully saturated rings. The van der Waals surface area contributed by atoms with Crippen molar-refractivity contribution in [3.63, 3.8) is 0 Å². The number of rotatable bonds is 5. The largest absolute Gasteiger partial charge is 0.481 e. The van der Waals surface area contributed by atoms with E-state index in [1.807, 2.05) is 31.2 Å². The highest BCUT2D eigenvalue weighted by Crippen LogP contribution is 2.29. The van der Waals surface area contributed by atoms with E-state index in [2.05, 4.69) is 4.57 Å². The quantitative estimate of drug-likeness (QED) is 0.692. The first-order valence-electron chi connectivity index (χ1n) is 8.11. The number of nitrogens with zero attached hydrogens (tertiary/aromatic N) is 1. The molecule has 25 heavy (non-hydrogen) atoms. The molecule has 1 aromatic heterocycles. The van der Waals surface area contributed by atoms with Gasteiger partial charge < -0.3 is 9.67 Å². The van der Waals surface area contributed by atoms with Gasteiger partial charge in [-0.25, -0.2) is 4.39 Å². The van der Waals surface area contributed by atoms with Crippen LogP contribution in [0.3, 0.4) is 0 Å². The molecule has 1 N–H and O–H groups in total. The van der Waals surface area contributed by atoms with Gasteiger partial charge in [-0.3, -0.25) is 4.79 Å². The molecule has 5 heteroatoms. The summed E-state index contributed by atoms with van der Waals surface area (Å²) in [7, 11) is 0. The minimum atomic E-state index is -0.839. The van der Waals surface area contributed by atoms with Crippen LogP contribution in [0, 0.1) is 18.7 Å². The fraction of sp³-hybridized carbons (Fsp3) is 0.250. The standard InChI is InChI=1S/C20H19ClFNO2/c1-12(20(24)25)9-19-13(2)17-10-16(22)7-8-18(17)23(19)11-14-3-5-15(21)6-4-14/h3-8,10,12H,9,11H2,1-2H3,(H,24,25). The molecular formula is C20H19ClFNO2. The highest BCUT2D eigenvalue weighted by Gasteiger charge is 2.20. The van der Waals surface area contributed by atoms with Crippen molar-refractivity contribution in [2.24, 2.45) is 5.92 Å². The second kappa shape index (κ2) is 6.89. The molecule has 1 heterocycles. The lowest BCUT2D eigenvalue weighted by atomic mass is 10.0. The fourth-order valence-electron chi connectivity index (χ4n) is 3.14. The van der Waals surface area contributed by atoms with Crippen LogP contribution < -0.4 is 0 Å². The van der Waals surface area contributed by atoms with E-state index in [4.69, 9.17) is 11.6 Å². The van der Waals surface area contributed by atoms with Gasteiger partial charge in [0.25, 0.3) is 0 Å². The molecular weight excluding hydrogens is 341 g/mol. The van der Waals surface area contributed by atoms with Gasteiger partial charge in [0.15, 0.2) is 0 Å². The predicted octanol–water partition coefficient (Wildman–Crippen LogP) is 5.05. The number of hydrogen-bond donors (Lipinski definition) is 1. The molecule has 1 atom stereocenters. The molecule has 2 aromatic carbocycles. The van der Waals surface area contributed by atoms with Gasteiger partial charge in [-0.1, -0.05) is 30.7 Å². The monoisotopic (exact) mass is 359 g/mol. The third kappa shape index (κ3) is 3.54. The molecule has 0 aliphatic carbocycles. The van der Waals surface area contributed by atoms with Crippen molar-refractivity contribution in [1.82, 2.24) is 4.57 Å². The Kier molecular flexibility index (Phi) is 4.82. The minimum absolute atomic E-state index is 0.294. The van der Waals surface area contributed by atoms with Crippen molar-refractivity contribution in [3.8, 4) is 0 Å². The smallest absolute Gasteiger partial charge is 0.306 e. The summed E-state index contributed by atoms with van der Waals surface area (Å²) >= 11 is 5.95. The van der Waals surface area contributed by atoms with Gasteiger partial charge in [0.05, 0.1) is 5.92 Å². The third-order valence-electron chi connectivity index (χ3n) is 4.59. The highest BCUT2D eigenvalue weighted by molar-refractivity contribution is 6.30. The number of halogens is 2. The first-order valence-corrected chi connectivity index (χ1v) is 8.49. The molecule has 3 rings (SSSR count). The number of hydrogen-bond acceptors (Lipinski definition) is 1. The van der Waals surface area contributed by atoms with Crippen molar-refractivity contribution < 1.29 is 14.3 Å². The molecule has 0 amide bonds. The lowest BCUT2D eigenvalue weighted by Gasteiger charge is -2.14. The summed E-state index contributed by atoms with van der Waals surface area (Å²) < 4.78 is 15.8. The van der Waals surface area contributed by atoms with E-state index in [0.717, 1.165) is 27.7 Å². The number of carbonyl (C=O) groups is 1. The lowest BCUT2D eigenvalue weighted by molar-refractivity contribution is -0.141. The number of fused-ring (bicyclic) bond motifs is 1. The average molecular weight is 360 g/mol. The maximum atomic E-state index is 13.7. The van der Waals surface area contributed by atoms with Crippen LogP contribution >= 0.6 is 11.6 Å². The SMILES string of the molecule is Cc1c(CC(C)C(=O)O)n(Cc2ccc(Cl)cc2)c2ccc(F)cc12. The first kappa shape index (κ1) is 17.5. The summed E-state index contributed by atoms with van der Waals surface area (Å²) in [6.45, 7) is 4.19. The van der Waals surface area contributed by atoms with Crippen LogP contribution in [0.15, 0.2) is 42.5 Å². The Hall–Kier alpha value is -2.33. The molecule has 0 saturated carbocycles. The van der Waals surface area contributed by atoms with E-state index >= 15 is 0 Å². The Morgan fingerprint density at radius 1 is 1.24 bits per heavy atom. The summed E-state index contributed by atoms with van der Waals surface area (Å²) in [5.74, 6) is -1.65. The van der Waals surface area contributed by atoms with Crippen LogP contribution in [0.25, 0.3) is 10.9 Å². The number of aryl methyl sites for hydroxylation is 1. The number of benzene rings is 2. The van der Waals surface area contributed by atoms with Gasteiger partial charge in [0.2, 0.25) is 0 Å². The number of aromatic nitrogens is 1. The second-order valence-corrected chi connectivity index (χ2v) is 6.83. The molecule has 1 unspecified atom stereocenters. The Morgan fingerprint density at radius 2 is 1.92 bits per heavy atom. The van der Waals surface area contributed by atoms with Crippen molar-refractivity contribution in [3.05, 3.63) is 70.1 Å². The zero-order valence-corrected chi connectivity index (χ0v) is 14.8. The lowest BCUT2D eigenvalue weighted by Crippen LogP contribution is -2.16. The van der Waals surface area contributed by atoms with Gasteiger partial charge in [0.1, 0.15) is 5.82 Å². The summed E-state index contributed by atoms with van der Waals surface area (Å²) in [6.07, 6.45) is 0.394. The summed E-state index contributed by atoms with van der Waals surface area (Å²) in [4.78, 5) is 11.3. The molecule has 3 aromatic rings. The molecule has 0 spiro atoms. The fourth-order valence-corrected chi connectivity index (χ4v) is 3.27. The van der Waals surface area contributed by atoms with Crippen molar-refractivity contribution in [2.75, 3.05) is 0 Å². The summed E-state index contributed by atoms with van der Waals surface area (Å²) in [6, 6.07) is 12.2. The Labute approximate surface area is 150 Å². The van der Waals surface area contributed by atoms with E-state index in [-0.39, 0.29) is 5.82 Å². The van der Waals surface area contributed by atoms with E-state index in [0.29, 0.717) is 18.0 Å².